The Morgan fingerprint density at radius 2 is 2.26 bits per heavy atom. The van der Waals surface area contributed by atoms with E-state index in [1.54, 1.807) is 11.8 Å². The third kappa shape index (κ3) is 3.64. The van der Waals surface area contributed by atoms with Crippen LogP contribution in [0.1, 0.15) is 11.1 Å². The largest absolute Gasteiger partial charge is 0.491 e. The van der Waals surface area contributed by atoms with Crippen LogP contribution in [0.4, 0.5) is 0 Å². The third-order valence-electron chi connectivity index (χ3n) is 3.00. The monoisotopic (exact) mass is 345 g/mol. The minimum absolute atomic E-state index is 0.0319. The van der Waals surface area contributed by atoms with Crippen molar-refractivity contribution in [3.05, 3.63) is 27.7 Å². The van der Waals surface area contributed by atoms with Gasteiger partial charge in [-0.3, -0.25) is 10.1 Å². The highest BCUT2D eigenvalue weighted by Crippen LogP contribution is 2.27. The van der Waals surface area contributed by atoms with Gasteiger partial charge < -0.3 is 9.84 Å². The van der Waals surface area contributed by atoms with Gasteiger partial charge in [-0.05, 0) is 37.1 Å². The number of aryl methyl sites for hydroxylation is 2. The molecule has 0 spiro atoms. The number of rotatable bonds is 4. The lowest BCUT2D eigenvalue weighted by molar-refractivity contribution is -0.138. The molecule has 0 amide bonds. The Morgan fingerprint density at radius 3 is 2.89 bits per heavy atom. The summed E-state index contributed by atoms with van der Waals surface area (Å²) in [7, 11) is 0. The fourth-order valence-corrected chi connectivity index (χ4v) is 3.39. The van der Waals surface area contributed by atoms with Crippen LogP contribution in [-0.4, -0.2) is 34.9 Å². The van der Waals surface area contributed by atoms with Crippen molar-refractivity contribution in [1.29, 1.82) is 0 Å². The topological polar surface area (TPSA) is 58.6 Å². The van der Waals surface area contributed by atoms with Crippen molar-refractivity contribution in [3.8, 4) is 5.75 Å². The summed E-state index contributed by atoms with van der Waals surface area (Å²) < 4.78 is 6.85. The zero-order valence-electron chi connectivity index (χ0n) is 10.8. The fourth-order valence-electron chi connectivity index (χ4n) is 1.85. The first kappa shape index (κ1) is 14.7. The van der Waals surface area contributed by atoms with Gasteiger partial charge in [0, 0.05) is 10.2 Å². The summed E-state index contributed by atoms with van der Waals surface area (Å²) in [6.45, 7) is 4.48. The molecule has 2 unspecified atom stereocenters. The van der Waals surface area contributed by atoms with Crippen LogP contribution in [0.5, 0.6) is 5.75 Å². The highest BCUT2D eigenvalue weighted by atomic mass is 79.9. The Hall–Kier alpha value is -0.720. The maximum atomic E-state index is 10.8. The number of nitrogens with one attached hydrogen (secondary N) is 1. The second kappa shape index (κ2) is 6.15. The van der Waals surface area contributed by atoms with Crippen molar-refractivity contribution in [2.45, 2.75) is 25.3 Å². The molecule has 1 aliphatic heterocycles. The number of carboxylic acids is 1. The Balaban J connectivity index is 1.93. The quantitative estimate of drug-likeness (QED) is 0.878. The second-order valence-electron chi connectivity index (χ2n) is 4.56. The standard InChI is InChI=1S/C13H16BrNO3S/c1-7-4-11(8(2)3-9(7)14)18-5-12-15-10(6-19-12)13(16)17/h3-4,10,12,15H,5-6H2,1-2H3,(H,16,17). The molecular weight excluding hydrogens is 330 g/mol. The van der Waals surface area contributed by atoms with E-state index in [1.807, 2.05) is 26.0 Å². The predicted octanol–water partition coefficient (Wildman–Crippen LogP) is 2.56. The van der Waals surface area contributed by atoms with E-state index in [0.717, 1.165) is 21.3 Å². The van der Waals surface area contributed by atoms with Crippen LogP contribution >= 0.6 is 27.7 Å². The van der Waals surface area contributed by atoms with Crippen LogP contribution in [0.25, 0.3) is 0 Å². The number of carboxylic acid groups (broad SMARTS) is 1. The van der Waals surface area contributed by atoms with Crippen LogP contribution < -0.4 is 10.1 Å². The maximum absolute atomic E-state index is 10.8. The van der Waals surface area contributed by atoms with E-state index in [-0.39, 0.29) is 5.37 Å². The van der Waals surface area contributed by atoms with E-state index in [0.29, 0.717) is 12.4 Å². The number of carbonyl (C=O) groups is 1. The summed E-state index contributed by atoms with van der Waals surface area (Å²) in [6, 6.07) is 3.56. The summed E-state index contributed by atoms with van der Waals surface area (Å²) >= 11 is 5.07. The first-order chi connectivity index (χ1) is 8.97. The SMILES string of the molecule is Cc1cc(OCC2NC(C(=O)O)CS2)c(C)cc1Br. The van der Waals surface area contributed by atoms with Gasteiger partial charge >= 0.3 is 5.97 Å². The number of thioether (sulfide) groups is 1. The van der Waals surface area contributed by atoms with Gasteiger partial charge in [0.15, 0.2) is 0 Å². The van der Waals surface area contributed by atoms with Gasteiger partial charge in [-0.25, -0.2) is 0 Å². The molecule has 0 saturated carbocycles. The van der Waals surface area contributed by atoms with Crippen LogP contribution in [0.2, 0.25) is 0 Å². The molecule has 1 aliphatic rings. The van der Waals surface area contributed by atoms with Gasteiger partial charge in [-0.1, -0.05) is 15.9 Å². The zero-order chi connectivity index (χ0) is 14.0. The molecule has 1 fully saturated rings. The van der Waals surface area contributed by atoms with E-state index in [2.05, 4.69) is 21.2 Å². The molecule has 0 bridgehead atoms. The highest BCUT2D eigenvalue weighted by molar-refractivity contribution is 9.10. The number of aliphatic carboxylic acids is 1. The van der Waals surface area contributed by atoms with Crippen molar-refractivity contribution in [2.24, 2.45) is 0 Å². The lowest BCUT2D eigenvalue weighted by Crippen LogP contribution is -2.38. The molecule has 6 heteroatoms. The van der Waals surface area contributed by atoms with Gasteiger partial charge in [0.2, 0.25) is 0 Å². The van der Waals surface area contributed by atoms with Crippen molar-refractivity contribution in [1.82, 2.24) is 5.32 Å². The number of ether oxygens (including phenoxy) is 1. The average Bonchev–Trinajstić information content (AvgIpc) is 2.81. The summed E-state index contributed by atoms with van der Waals surface area (Å²) in [4.78, 5) is 10.8. The maximum Gasteiger partial charge on any atom is 0.321 e. The summed E-state index contributed by atoms with van der Waals surface area (Å²) in [6.07, 6.45) is 0. The summed E-state index contributed by atoms with van der Waals surface area (Å²) in [5.41, 5.74) is 2.19. The van der Waals surface area contributed by atoms with Crippen LogP contribution in [0.3, 0.4) is 0 Å². The molecule has 0 radical (unpaired) electrons. The molecule has 19 heavy (non-hydrogen) atoms. The van der Waals surface area contributed by atoms with Crippen molar-refractivity contribution in [3.63, 3.8) is 0 Å². The lowest BCUT2D eigenvalue weighted by atomic mass is 10.1. The van der Waals surface area contributed by atoms with Gasteiger partial charge in [0.25, 0.3) is 0 Å². The van der Waals surface area contributed by atoms with Crippen LogP contribution in [-0.2, 0) is 4.79 Å². The minimum atomic E-state index is -0.800. The molecule has 0 aliphatic carbocycles. The first-order valence-corrected chi connectivity index (χ1v) is 7.81. The Kier molecular flexibility index (Phi) is 4.76. The van der Waals surface area contributed by atoms with Gasteiger partial charge in [0.1, 0.15) is 18.4 Å². The van der Waals surface area contributed by atoms with E-state index in [9.17, 15) is 4.79 Å². The molecule has 4 nitrogen and oxygen atoms in total. The van der Waals surface area contributed by atoms with Crippen LogP contribution in [0, 0.1) is 13.8 Å². The fraction of sp³-hybridized carbons (Fsp3) is 0.462. The smallest absolute Gasteiger partial charge is 0.321 e. The number of hydrogen-bond donors (Lipinski definition) is 2. The van der Waals surface area contributed by atoms with Crippen LogP contribution in [0.15, 0.2) is 16.6 Å². The summed E-state index contributed by atoms with van der Waals surface area (Å²) in [5, 5.41) is 12.0. The molecule has 2 rings (SSSR count). The first-order valence-electron chi connectivity index (χ1n) is 5.97. The molecule has 2 N–H and O–H groups in total. The molecule has 1 aromatic carbocycles. The number of hydrogen-bond acceptors (Lipinski definition) is 4. The lowest BCUT2D eigenvalue weighted by Gasteiger charge is -2.15. The second-order valence-corrected chi connectivity index (χ2v) is 6.65. The number of benzene rings is 1. The van der Waals surface area contributed by atoms with Gasteiger partial charge in [-0.15, -0.1) is 11.8 Å². The normalized spacial score (nSPS) is 22.5. The van der Waals surface area contributed by atoms with Crippen molar-refractivity contribution >= 4 is 33.7 Å². The van der Waals surface area contributed by atoms with E-state index in [1.165, 1.54) is 0 Å². The third-order valence-corrected chi connectivity index (χ3v) is 5.05. The molecule has 104 valence electrons. The Labute approximate surface area is 125 Å². The van der Waals surface area contributed by atoms with Crippen molar-refractivity contribution in [2.75, 3.05) is 12.4 Å². The molecule has 2 atom stereocenters. The molecule has 1 aromatic rings. The number of halogens is 1. The van der Waals surface area contributed by atoms with E-state index >= 15 is 0 Å². The van der Waals surface area contributed by atoms with E-state index in [4.69, 9.17) is 9.84 Å². The predicted molar refractivity (Wildman–Crippen MR) is 79.9 cm³/mol. The highest BCUT2D eigenvalue weighted by Gasteiger charge is 2.29. The summed E-state index contributed by atoms with van der Waals surface area (Å²) in [5.74, 6) is 0.634. The molecule has 0 aromatic heterocycles. The zero-order valence-corrected chi connectivity index (χ0v) is 13.2. The average molecular weight is 346 g/mol. The van der Waals surface area contributed by atoms with Gasteiger partial charge in [-0.2, -0.15) is 0 Å². The molecular formula is C13H16BrNO3S. The molecule has 1 heterocycles. The van der Waals surface area contributed by atoms with Gasteiger partial charge in [0.05, 0.1) is 5.37 Å². The minimum Gasteiger partial charge on any atom is -0.491 e. The Bertz CT molecular complexity index is 495. The van der Waals surface area contributed by atoms with E-state index < -0.39 is 12.0 Å². The Morgan fingerprint density at radius 1 is 1.53 bits per heavy atom. The van der Waals surface area contributed by atoms with Crippen molar-refractivity contribution < 1.29 is 14.6 Å². The molecule has 1 saturated heterocycles.